The molecule has 0 saturated heterocycles. The van der Waals surface area contributed by atoms with Crippen LogP contribution in [0.5, 0.6) is 5.75 Å². The molecular weight excluding hydrogens is 256 g/mol. The number of benzene rings is 1. The molecule has 1 aromatic rings. The van der Waals surface area contributed by atoms with Gasteiger partial charge in [-0.15, -0.1) is 10.1 Å². The number of esters is 1. The molecule has 0 fully saturated rings. The minimum atomic E-state index is -1.30. The molecule has 0 spiro atoms. The van der Waals surface area contributed by atoms with Gasteiger partial charge in [0.1, 0.15) is 11.3 Å². The molecule has 1 rings (SSSR count). The van der Waals surface area contributed by atoms with Gasteiger partial charge in [-0.2, -0.15) is 0 Å². The van der Waals surface area contributed by atoms with E-state index in [2.05, 4.69) is 10.2 Å². The fourth-order valence-electron chi connectivity index (χ4n) is 1.38. The number of nitrogens with one attached hydrogen (secondary N) is 1. The maximum absolute atomic E-state index is 11.9. The van der Waals surface area contributed by atoms with Crippen molar-refractivity contribution in [3.05, 3.63) is 33.9 Å². The minimum absolute atomic E-state index is 0.146. The Bertz CT molecular complexity index is 476. The number of ether oxygens (including phenoxy) is 2. The quantitative estimate of drug-likeness (QED) is 0.361. The first kappa shape index (κ1) is 14.6. The number of carbonyl (C=O) groups is 1. The molecular formula is C11H14N2O6. The van der Waals surface area contributed by atoms with Crippen LogP contribution in [-0.2, 0) is 9.57 Å². The first-order valence-corrected chi connectivity index (χ1v) is 5.36. The van der Waals surface area contributed by atoms with Crippen molar-refractivity contribution < 1.29 is 24.2 Å². The van der Waals surface area contributed by atoms with Crippen LogP contribution in [0.4, 0.5) is 5.69 Å². The summed E-state index contributed by atoms with van der Waals surface area (Å²) < 4.78 is 9.80. The molecule has 8 nitrogen and oxygen atoms in total. The van der Waals surface area contributed by atoms with Crippen molar-refractivity contribution in [3.63, 3.8) is 0 Å². The number of hydrogen-bond acceptors (Lipinski definition) is 7. The van der Waals surface area contributed by atoms with E-state index in [9.17, 15) is 14.9 Å². The van der Waals surface area contributed by atoms with Crippen LogP contribution >= 0.6 is 0 Å². The van der Waals surface area contributed by atoms with E-state index in [0.29, 0.717) is 11.4 Å². The summed E-state index contributed by atoms with van der Waals surface area (Å²) in [4.78, 5) is 26.1. The lowest BCUT2D eigenvalue weighted by Crippen LogP contribution is -2.21. The SMILES string of the molecule is CNc1ccc(OC)c(C(=O)OC(C)O[N+](=O)[O-])c1. The lowest BCUT2D eigenvalue weighted by atomic mass is 10.2. The molecule has 8 heteroatoms. The Hall–Kier alpha value is -2.51. The summed E-state index contributed by atoms with van der Waals surface area (Å²) in [6, 6.07) is 4.81. The number of methoxy groups -OCH3 is 1. The van der Waals surface area contributed by atoms with E-state index in [4.69, 9.17) is 9.47 Å². The summed E-state index contributed by atoms with van der Waals surface area (Å²) in [5, 5.41) is 11.9. The lowest BCUT2D eigenvalue weighted by molar-refractivity contribution is -0.777. The number of anilines is 1. The second-order valence-corrected chi connectivity index (χ2v) is 3.47. The van der Waals surface area contributed by atoms with Crippen molar-refractivity contribution in [3.8, 4) is 5.75 Å². The van der Waals surface area contributed by atoms with Crippen molar-refractivity contribution in [1.82, 2.24) is 0 Å². The molecule has 0 aliphatic carbocycles. The lowest BCUT2D eigenvalue weighted by Gasteiger charge is -2.13. The largest absolute Gasteiger partial charge is 0.496 e. The predicted octanol–water partition coefficient (Wildman–Crippen LogP) is 1.45. The highest BCUT2D eigenvalue weighted by Gasteiger charge is 2.19. The molecule has 19 heavy (non-hydrogen) atoms. The van der Waals surface area contributed by atoms with Crippen LogP contribution in [0, 0.1) is 10.1 Å². The van der Waals surface area contributed by atoms with Crippen molar-refractivity contribution in [2.45, 2.75) is 13.2 Å². The Kier molecular flexibility index (Phi) is 4.92. The van der Waals surface area contributed by atoms with E-state index in [1.165, 1.54) is 20.1 Å². The highest BCUT2D eigenvalue weighted by molar-refractivity contribution is 5.93. The third-order valence-corrected chi connectivity index (χ3v) is 2.22. The van der Waals surface area contributed by atoms with Gasteiger partial charge in [0.05, 0.1) is 7.11 Å². The van der Waals surface area contributed by atoms with Crippen LogP contribution in [0.15, 0.2) is 18.2 Å². The number of rotatable bonds is 6. The van der Waals surface area contributed by atoms with E-state index < -0.39 is 17.3 Å². The Labute approximate surface area is 109 Å². The molecule has 1 atom stereocenters. The maximum Gasteiger partial charge on any atom is 0.344 e. The number of carbonyl (C=O) groups excluding carboxylic acids is 1. The topological polar surface area (TPSA) is 99.9 Å². The summed E-state index contributed by atoms with van der Waals surface area (Å²) in [7, 11) is 3.09. The summed E-state index contributed by atoms with van der Waals surface area (Å²) >= 11 is 0. The summed E-state index contributed by atoms with van der Waals surface area (Å²) in [6.45, 7) is 1.25. The average molecular weight is 270 g/mol. The molecule has 0 bridgehead atoms. The molecule has 1 aromatic carbocycles. The van der Waals surface area contributed by atoms with Gasteiger partial charge in [0.25, 0.3) is 5.09 Å². The van der Waals surface area contributed by atoms with E-state index in [1.807, 2.05) is 0 Å². The molecule has 0 saturated carbocycles. The van der Waals surface area contributed by atoms with Gasteiger partial charge in [0.2, 0.25) is 6.29 Å². The maximum atomic E-state index is 11.9. The normalized spacial score (nSPS) is 11.3. The molecule has 0 aliphatic heterocycles. The van der Waals surface area contributed by atoms with Crippen LogP contribution in [0.3, 0.4) is 0 Å². The highest BCUT2D eigenvalue weighted by Crippen LogP contribution is 2.23. The van der Waals surface area contributed by atoms with Crippen molar-refractivity contribution in [2.24, 2.45) is 0 Å². The molecule has 1 N–H and O–H groups in total. The molecule has 104 valence electrons. The van der Waals surface area contributed by atoms with Gasteiger partial charge in [-0.1, -0.05) is 0 Å². The molecule has 0 aliphatic rings. The van der Waals surface area contributed by atoms with E-state index in [1.54, 1.807) is 19.2 Å². The first-order valence-electron chi connectivity index (χ1n) is 5.36. The van der Waals surface area contributed by atoms with Crippen LogP contribution < -0.4 is 10.1 Å². The highest BCUT2D eigenvalue weighted by atomic mass is 17.0. The van der Waals surface area contributed by atoms with Gasteiger partial charge in [-0.05, 0) is 25.1 Å². The van der Waals surface area contributed by atoms with Crippen molar-refractivity contribution in [2.75, 3.05) is 19.5 Å². The fraction of sp³-hybridized carbons (Fsp3) is 0.364. The molecule has 1 unspecified atom stereocenters. The van der Waals surface area contributed by atoms with Crippen molar-refractivity contribution >= 4 is 11.7 Å². The Morgan fingerprint density at radius 2 is 2.16 bits per heavy atom. The van der Waals surface area contributed by atoms with Gasteiger partial charge >= 0.3 is 5.97 Å². The van der Waals surface area contributed by atoms with Crippen molar-refractivity contribution in [1.29, 1.82) is 0 Å². The van der Waals surface area contributed by atoms with Gasteiger partial charge in [-0.25, -0.2) is 4.79 Å². The first-order chi connectivity index (χ1) is 8.97. The second kappa shape index (κ2) is 6.43. The van der Waals surface area contributed by atoms with E-state index in [0.717, 1.165) is 0 Å². The number of hydrogen-bond donors (Lipinski definition) is 1. The Morgan fingerprint density at radius 3 is 2.68 bits per heavy atom. The molecule has 0 heterocycles. The van der Waals surface area contributed by atoms with Crippen LogP contribution in [0.2, 0.25) is 0 Å². The minimum Gasteiger partial charge on any atom is -0.496 e. The zero-order valence-electron chi connectivity index (χ0n) is 10.7. The van der Waals surface area contributed by atoms with E-state index >= 15 is 0 Å². The van der Waals surface area contributed by atoms with Gasteiger partial charge in [0, 0.05) is 12.7 Å². The standard InChI is InChI=1S/C11H14N2O6/c1-7(19-13(15)16)18-11(14)9-6-8(12-2)4-5-10(9)17-3/h4-7,12H,1-3H3. The van der Waals surface area contributed by atoms with Crippen LogP contribution in [-0.4, -0.2) is 31.5 Å². The summed E-state index contributed by atoms with van der Waals surface area (Å²) in [5.41, 5.74) is 0.823. The predicted molar refractivity (Wildman–Crippen MR) is 65.5 cm³/mol. The molecule has 0 radical (unpaired) electrons. The van der Waals surface area contributed by atoms with E-state index in [-0.39, 0.29) is 5.56 Å². The third kappa shape index (κ3) is 4.02. The molecule has 0 aromatic heterocycles. The van der Waals surface area contributed by atoms with Gasteiger partial charge in [-0.3, -0.25) is 4.84 Å². The third-order valence-electron chi connectivity index (χ3n) is 2.22. The monoisotopic (exact) mass is 270 g/mol. The van der Waals surface area contributed by atoms with Gasteiger partial charge in [0.15, 0.2) is 0 Å². The zero-order valence-corrected chi connectivity index (χ0v) is 10.7. The Morgan fingerprint density at radius 1 is 1.47 bits per heavy atom. The molecule has 0 amide bonds. The van der Waals surface area contributed by atoms with Crippen LogP contribution in [0.25, 0.3) is 0 Å². The smallest absolute Gasteiger partial charge is 0.344 e. The zero-order chi connectivity index (χ0) is 14.4. The summed E-state index contributed by atoms with van der Waals surface area (Å²) in [6.07, 6.45) is -1.30. The Balaban J connectivity index is 2.88. The van der Waals surface area contributed by atoms with Crippen LogP contribution in [0.1, 0.15) is 17.3 Å². The average Bonchev–Trinajstić information content (AvgIpc) is 2.36. The van der Waals surface area contributed by atoms with Gasteiger partial charge < -0.3 is 14.8 Å². The second-order valence-electron chi connectivity index (χ2n) is 3.47. The fourth-order valence-corrected chi connectivity index (χ4v) is 1.38. The summed E-state index contributed by atoms with van der Waals surface area (Å²) in [5.74, 6) is -0.472. The number of nitrogens with zero attached hydrogens (tertiary/aromatic N) is 1.